The Morgan fingerprint density at radius 2 is 2.19 bits per heavy atom. The van der Waals surface area contributed by atoms with Crippen LogP contribution in [0.15, 0.2) is 24.3 Å². The lowest BCUT2D eigenvalue weighted by Gasteiger charge is -2.35. The molecule has 1 aliphatic heterocycles. The molecule has 1 aliphatic rings. The topological polar surface area (TPSA) is 56.3 Å². The van der Waals surface area contributed by atoms with Gasteiger partial charge in [0.05, 0.1) is 0 Å². The molecule has 0 saturated carbocycles. The van der Waals surface area contributed by atoms with Crippen molar-refractivity contribution >= 4 is 16.9 Å². The van der Waals surface area contributed by atoms with Gasteiger partial charge in [-0.1, -0.05) is 6.07 Å². The van der Waals surface area contributed by atoms with Crippen molar-refractivity contribution < 1.29 is 9.90 Å². The third-order valence-electron chi connectivity index (χ3n) is 4.53. The highest BCUT2D eigenvalue weighted by Crippen LogP contribution is 2.30. The number of aromatic carboxylic acids is 1. The molecule has 112 valence electrons. The third kappa shape index (κ3) is 2.81. The van der Waals surface area contributed by atoms with Gasteiger partial charge in [-0.25, -0.2) is 4.79 Å². The number of carboxylic acid groups (broad SMARTS) is 1. The molecule has 2 heterocycles. The fraction of sp³-hybridized carbons (Fsp3) is 0.471. The second-order valence-electron chi connectivity index (χ2n) is 6.26. The van der Waals surface area contributed by atoms with Gasteiger partial charge < -0.3 is 15.0 Å². The van der Waals surface area contributed by atoms with Crippen molar-refractivity contribution in [1.82, 2.24) is 9.88 Å². The summed E-state index contributed by atoms with van der Waals surface area (Å²) in [5.74, 6) is -0.356. The van der Waals surface area contributed by atoms with Gasteiger partial charge in [0.15, 0.2) is 0 Å². The fourth-order valence-corrected chi connectivity index (χ4v) is 3.27. The normalized spacial score (nSPS) is 20.2. The standard InChI is InChI=1S/C17H22N2O2/c1-11(2)19-7-3-4-13(10-19)12-5-6-15-14(8-12)9-16(18-15)17(20)21/h5-6,8-9,11,13,18H,3-4,7,10H2,1-2H3,(H,20,21)/t13-/m1/s1. The van der Waals surface area contributed by atoms with Crippen LogP contribution in [0.3, 0.4) is 0 Å². The van der Waals surface area contributed by atoms with Crippen molar-refractivity contribution in [2.45, 2.75) is 38.6 Å². The minimum atomic E-state index is -0.906. The molecule has 4 nitrogen and oxygen atoms in total. The molecule has 1 atom stereocenters. The maximum atomic E-state index is 11.0. The number of aromatic amines is 1. The highest BCUT2D eigenvalue weighted by molar-refractivity contribution is 5.93. The largest absolute Gasteiger partial charge is 0.477 e. The number of hydrogen-bond donors (Lipinski definition) is 2. The van der Waals surface area contributed by atoms with Crippen LogP contribution in [0.25, 0.3) is 10.9 Å². The number of H-pyrrole nitrogens is 1. The number of hydrogen-bond acceptors (Lipinski definition) is 2. The fourth-order valence-electron chi connectivity index (χ4n) is 3.27. The average Bonchev–Trinajstić information content (AvgIpc) is 2.90. The summed E-state index contributed by atoms with van der Waals surface area (Å²) in [5.41, 5.74) is 2.48. The van der Waals surface area contributed by atoms with Gasteiger partial charge in [-0.15, -0.1) is 0 Å². The molecule has 0 aliphatic carbocycles. The summed E-state index contributed by atoms with van der Waals surface area (Å²) < 4.78 is 0. The summed E-state index contributed by atoms with van der Waals surface area (Å²) in [7, 11) is 0. The Hall–Kier alpha value is -1.81. The number of rotatable bonds is 3. The first-order chi connectivity index (χ1) is 10.0. The van der Waals surface area contributed by atoms with Gasteiger partial charge in [0.2, 0.25) is 0 Å². The number of likely N-dealkylation sites (tertiary alicyclic amines) is 1. The number of aromatic nitrogens is 1. The number of benzene rings is 1. The van der Waals surface area contributed by atoms with Crippen LogP contribution in [-0.4, -0.2) is 40.1 Å². The minimum absolute atomic E-state index is 0.259. The molecule has 0 radical (unpaired) electrons. The second kappa shape index (κ2) is 5.53. The maximum absolute atomic E-state index is 11.0. The molecule has 1 fully saturated rings. The molecule has 0 spiro atoms. The molecule has 0 bridgehead atoms. The summed E-state index contributed by atoms with van der Waals surface area (Å²) in [4.78, 5) is 16.5. The molecule has 0 amide bonds. The van der Waals surface area contributed by atoms with E-state index in [1.165, 1.54) is 24.9 Å². The van der Waals surface area contributed by atoms with E-state index in [9.17, 15) is 4.79 Å². The zero-order valence-corrected chi connectivity index (χ0v) is 12.6. The second-order valence-corrected chi connectivity index (χ2v) is 6.26. The van der Waals surface area contributed by atoms with Crippen molar-refractivity contribution in [3.8, 4) is 0 Å². The van der Waals surface area contributed by atoms with Gasteiger partial charge in [0.1, 0.15) is 5.69 Å². The number of nitrogens with one attached hydrogen (secondary N) is 1. The van der Waals surface area contributed by atoms with Crippen molar-refractivity contribution in [1.29, 1.82) is 0 Å². The molecular weight excluding hydrogens is 264 g/mol. The van der Waals surface area contributed by atoms with Gasteiger partial charge >= 0.3 is 5.97 Å². The zero-order chi connectivity index (χ0) is 15.0. The Balaban J connectivity index is 1.88. The van der Waals surface area contributed by atoms with E-state index in [1.807, 2.05) is 6.07 Å². The van der Waals surface area contributed by atoms with E-state index in [2.05, 4.69) is 35.9 Å². The van der Waals surface area contributed by atoms with Crippen LogP contribution < -0.4 is 0 Å². The van der Waals surface area contributed by atoms with E-state index in [1.54, 1.807) is 6.07 Å². The lowest BCUT2D eigenvalue weighted by molar-refractivity contribution is 0.0691. The summed E-state index contributed by atoms with van der Waals surface area (Å²) in [5, 5.41) is 10.1. The number of carbonyl (C=O) groups is 1. The molecule has 1 aromatic carbocycles. The van der Waals surface area contributed by atoms with Gasteiger partial charge in [-0.3, -0.25) is 0 Å². The molecular formula is C17H22N2O2. The smallest absolute Gasteiger partial charge is 0.352 e. The lowest BCUT2D eigenvalue weighted by Crippen LogP contribution is -2.39. The first-order valence-corrected chi connectivity index (χ1v) is 7.64. The van der Waals surface area contributed by atoms with Crippen LogP contribution in [0, 0.1) is 0 Å². The van der Waals surface area contributed by atoms with Crippen LogP contribution in [0.2, 0.25) is 0 Å². The monoisotopic (exact) mass is 286 g/mol. The quantitative estimate of drug-likeness (QED) is 0.908. The molecule has 21 heavy (non-hydrogen) atoms. The molecule has 2 N–H and O–H groups in total. The Kier molecular flexibility index (Phi) is 3.72. The van der Waals surface area contributed by atoms with Crippen molar-refractivity contribution in [2.75, 3.05) is 13.1 Å². The van der Waals surface area contributed by atoms with E-state index in [0.717, 1.165) is 17.4 Å². The SMILES string of the molecule is CC(C)N1CCC[C@@H](c2ccc3[nH]c(C(=O)O)cc3c2)C1. The van der Waals surface area contributed by atoms with Crippen LogP contribution in [0.5, 0.6) is 0 Å². The highest BCUT2D eigenvalue weighted by atomic mass is 16.4. The average molecular weight is 286 g/mol. The predicted molar refractivity (Wildman–Crippen MR) is 83.9 cm³/mol. The van der Waals surface area contributed by atoms with Crippen LogP contribution >= 0.6 is 0 Å². The summed E-state index contributed by atoms with van der Waals surface area (Å²) in [6.07, 6.45) is 2.44. The first kappa shape index (κ1) is 14.1. The summed E-state index contributed by atoms with van der Waals surface area (Å²) in [6, 6.07) is 8.60. The van der Waals surface area contributed by atoms with Crippen molar-refractivity contribution in [3.63, 3.8) is 0 Å². The minimum Gasteiger partial charge on any atom is -0.477 e. The number of nitrogens with zero attached hydrogens (tertiary/aromatic N) is 1. The molecule has 1 aromatic heterocycles. The molecule has 1 saturated heterocycles. The van der Waals surface area contributed by atoms with Crippen LogP contribution in [0.1, 0.15) is 48.7 Å². The highest BCUT2D eigenvalue weighted by Gasteiger charge is 2.23. The number of fused-ring (bicyclic) bond motifs is 1. The number of piperidine rings is 1. The zero-order valence-electron chi connectivity index (χ0n) is 12.6. The Labute approximate surface area is 124 Å². The van der Waals surface area contributed by atoms with Gasteiger partial charge in [-0.05, 0) is 62.9 Å². The summed E-state index contributed by atoms with van der Waals surface area (Å²) >= 11 is 0. The predicted octanol–water partition coefficient (Wildman–Crippen LogP) is 3.45. The molecule has 0 unspecified atom stereocenters. The van der Waals surface area contributed by atoms with Gasteiger partial charge in [0, 0.05) is 23.5 Å². The van der Waals surface area contributed by atoms with Crippen molar-refractivity contribution in [2.24, 2.45) is 0 Å². The Morgan fingerprint density at radius 3 is 2.90 bits per heavy atom. The lowest BCUT2D eigenvalue weighted by atomic mass is 9.89. The van der Waals surface area contributed by atoms with Crippen molar-refractivity contribution in [3.05, 3.63) is 35.5 Å². The summed E-state index contributed by atoms with van der Waals surface area (Å²) in [6.45, 7) is 6.77. The molecule has 2 aromatic rings. The van der Waals surface area contributed by atoms with E-state index in [-0.39, 0.29) is 5.69 Å². The molecule has 3 rings (SSSR count). The van der Waals surface area contributed by atoms with E-state index in [4.69, 9.17) is 5.11 Å². The first-order valence-electron chi connectivity index (χ1n) is 7.64. The van der Waals surface area contributed by atoms with E-state index in [0.29, 0.717) is 12.0 Å². The third-order valence-corrected chi connectivity index (χ3v) is 4.53. The number of carboxylic acids is 1. The van der Waals surface area contributed by atoms with Gasteiger partial charge in [0.25, 0.3) is 0 Å². The maximum Gasteiger partial charge on any atom is 0.352 e. The van der Waals surface area contributed by atoms with Crippen LogP contribution in [0.4, 0.5) is 0 Å². The van der Waals surface area contributed by atoms with E-state index < -0.39 is 5.97 Å². The van der Waals surface area contributed by atoms with Gasteiger partial charge in [-0.2, -0.15) is 0 Å². The van der Waals surface area contributed by atoms with E-state index >= 15 is 0 Å². The molecule has 4 heteroatoms. The Morgan fingerprint density at radius 1 is 1.38 bits per heavy atom. The Bertz CT molecular complexity index is 660. The van der Waals surface area contributed by atoms with Crippen LogP contribution in [-0.2, 0) is 0 Å².